The lowest BCUT2D eigenvalue weighted by atomic mass is 10.5. The van der Waals surface area contributed by atoms with Crippen molar-refractivity contribution < 1.29 is 4.52 Å². The summed E-state index contributed by atoms with van der Waals surface area (Å²) in [5.74, 6) is 0.606. The van der Waals surface area contributed by atoms with Gasteiger partial charge in [0.2, 0.25) is 0 Å². The van der Waals surface area contributed by atoms with Crippen LogP contribution in [-0.4, -0.2) is 5.16 Å². The first-order valence-corrected chi connectivity index (χ1v) is 1.62. The molecule has 0 aliphatic carbocycles. The summed E-state index contributed by atoms with van der Waals surface area (Å²) in [5, 5.41) is 3.38. The molecule has 0 bridgehead atoms. The van der Waals surface area contributed by atoms with Crippen LogP contribution in [0.2, 0.25) is 0 Å². The van der Waals surface area contributed by atoms with E-state index in [0.29, 0.717) is 5.76 Å². The molecule has 1 aromatic heterocycles. The molecule has 0 saturated heterocycles. The molecule has 2 nitrogen and oxygen atoms in total. The van der Waals surface area contributed by atoms with Crippen molar-refractivity contribution in [2.24, 2.45) is 0 Å². The van der Waals surface area contributed by atoms with Crippen LogP contribution in [0.5, 0.6) is 0 Å². The highest BCUT2D eigenvalue weighted by Gasteiger charge is 1.78. The summed E-state index contributed by atoms with van der Waals surface area (Å²) < 4.78 is 4.47. The summed E-state index contributed by atoms with van der Waals surface area (Å²) in [5.41, 5.74) is 0. The fourth-order valence-corrected chi connectivity index (χ4v) is 0.242. The Labute approximate surface area is 35.8 Å². The first-order valence-electron chi connectivity index (χ1n) is 1.62. The molecule has 6 heavy (non-hydrogen) atoms. The lowest BCUT2D eigenvalue weighted by Gasteiger charge is -1.65. The van der Waals surface area contributed by atoms with Crippen LogP contribution in [0.1, 0.15) is 5.76 Å². The molecule has 31 valence electrons. The van der Waals surface area contributed by atoms with Crippen molar-refractivity contribution in [2.45, 2.75) is 0 Å². The van der Waals surface area contributed by atoms with Crippen LogP contribution in [0.4, 0.5) is 0 Å². The van der Waals surface area contributed by atoms with E-state index in [0.717, 1.165) is 0 Å². The molecule has 1 rings (SSSR count). The van der Waals surface area contributed by atoms with Crippen molar-refractivity contribution in [2.75, 3.05) is 0 Å². The third-order valence-corrected chi connectivity index (χ3v) is 0.491. The molecule has 0 saturated carbocycles. The van der Waals surface area contributed by atoms with Gasteiger partial charge in [-0.2, -0.15) is 0 Å². The first kappa shape index (κ1) is 3.40. The van der Waals surface area contributed by atoms with Gasteiger partial charge in [-0.1, -0.05) is 5.16 Å². The second kappa shape index (κ2) is 1.12. The van der Waals surface area contributed by atoms with Gasteiger partial charge >= 0.3 is 0 Å². The number of rotatable bonds is 0. The van der Waals surface area contributed by atoms with E-state index in [1.807, 2.05) is 0 Å². The zero-order valence-corrected chi connectivity index (χ0v) is 3.22. The maximum atomic E-state index is 4.47. The van der Waals surface area contributed by atoms with Gasteiger partial charge in [0.15, 0.2) is 0 Å². The Morgan fingerprint density at radius 2 is 2.67 bits per heavy atom. The van der Waals surface area contributed by atoms with Gasteiger partial charge < -0.3 is 4.52 Å². The van der Waals surface area contributed by atoms with Gasteiger partial charge in [-0.05, 0) is 0 Å². The van der Waals surface area contributed by atoms with E-state index in [2.05, 4.69) is 16.6 Å². The van der Waals surface area contributed by atoms with Crippen molar-refractivity contribution in [3.05, 3.63) is 24.9 Å². The van der Waals surface area contributed by atoms with Crippen LogP contribution >= 0.6 is 0 Å². The fraction of sp³-hybridized carbons (Fsp3) is 0. The van der Waals surface area contributed by atoms with Crippen LogP contribution < -0.4 is 0 Å². The second-order valence-corrected chi connectivity index (χ2v) is 0.979. The number of nitrogens with zero attached hydrogens (tertiary/aromatic N) is 1. The second-order valence-electron chi connectivity index (χ2n) is 0.979. The molecule has 0 aliphatic rings. The fourth-order valence-electron chi connectivity index (χ4n) is 0.242. The molecule has 1 radical (unpaired) electrons. The average molecular weight is 82.1 g/mol. The standard InChI is InChI=1S/C4H4NO/c1-4-2-3-5-6-4/h2-3H,1H2. The smallest absolute Gasteiger partial charge is 0.137 e. The third kappa shape index (κ3) is 0.407. The van der Waals surface area contributed by atoms with E-state index in [4.69, 9.17) is 0 Å². The first-order chi connectivity index (χ1) is 2.89. The molecule has 0 atom stereocenters. The molecular formula is C4H4NO. The summed E-state index contributed by atoms with van der Waals surface area (Å²) in [6.45, 7) is 3.45. The predicted molar refractivity (Wildman–Crippen MR) is 21.0 cm³/mol. The van der Waals surface area contributed by atoms with Crippen LogP contribution in [-0.2, 0) is 0 Å². The molecule has 0 unspecified atom stereocenters. The van der Waals surface area contributed by atoms with Crippen molar-refractivity contribution in [3.63, 3.8) is 0 Å². The molecule has 0 N–H and O–H groups in total. The summed E-state index contributed by atoms with van der Waals surface area (Å²) in [6, 6.07) is 1.69. The van der Waals surface area contributed by atoms with E-state index < -0.39 is 0 Å². The van der Waals surface area contributed by atoms with Gasteiger partial charge in [-0.3, -0.25) is 0 Å². The van der Waals surface area contributed by atoms with Gasteiger partial charge in [0, 0.05) is 13.0 Å². The lowest BCUT2D eigenvalue weighted by Crippen LogP contribution is -1.50. The largest absolute Gasteiger partial charge is 0.361 e. The molecule has 0 fully saturated rings. The maximum Gasteiger partial charge on any atom is 0.137 e. The van der Waals surface area contributed by atoms with Gasteiger partial charge in [0.1, 0.15) is 5.76 Å². The molecule has 0 amide bonds. The van der Waals surface area contributed by atoms with Gasteiger partial charge in [0.25, 0.3) is 0 Å². The molecule has 0 spiro atoms. The summed E-state index contributed by atoms with van der Waals surface area (Å²) in [6.07, 6.45) is 1.56. The van der Waals surface area contributed by atoms with Crippen LogP contribution in [0.25, 0.3) is 0 Å². The molecular weight excluding hydrogens is 78.0 g/mol. The van der Waals surface area contributed by atoms with E-state index in [1.54, 1.807) is 12.3 Å². The Balaban J connectivity index is 3.05. The Morgan fingerprint density at radius 1 is 1.83 bits per heavy atom. The Morgan fingerprint density at radius 3 is 2.83 bits per heavy atom. The quantitative estimate of drug-likeness (QED) is 0.464. The number of hydrogen-bond donors (Lipinski definition) is 0. The van der Waals surface area contributed by atoms with Crippen molar-refractivity contribution >= 4 is 0 Å². The third-order valence-electron chi connectivity index (χ3n) is 0.491. The Hall–Kier alpha value is -0.790. The molecule has 0 aromatic carbocycles. The van der Waals surface area contributed by atoms with Crippen LogP contribution in [0.15, 0.2) is 16.8 Å². The van der Waals surface area contributed by atoms with Crippen LogP contribution in [0.3, 0.4) is 0 Å². The monoisotopic (exact) mass is 82.0 g/mol. The topological polar surface area (TPSA) is 26.0 Å². The SMILES string of the molecule is [CH2]c1ccno1. The van der Waals surface area contributed by atoms with E-state index in [9.17, 15) is 0 Å². The van der Waals surface area contributed by atoms with E-state index >= 15 is 0 Å². The van der Waals surface area contributed by atoms with Crippen LogP contribution in [0, 0.1) is 6.92 Å². The highest BCUT2D eigenvalue weighted by atomic mass is 16.5. The minimum absolute atomic E-state index is 0.606. The van der Waals surface area contributed by atoms with Crippen molar-refractivity contribution in [3.8, 4) is 0 Å². The molecule has 2 heteroatoms. The van der Waals surface area contributed by atoms with Gasteiger partial charge in [-0.25, -0.2) is 0 Å². The zero-order valence-electron chi connectivity index (χ0n) is 3.22. The summed E-state index contributed by atoms with van der Waals surface area (Å²) >= 11 is 0. The molecule has 0 aliphatic heterocycles. The maximum absolute atomic E-state index is 4.47. The Bertz CT molecular complexity index is 111. The minimum atomic E-state index is 0.606. The molecule has 1 heterocycles. The van der Waals surface area contributed by atoms with E-state index in [1.165, 1.54) is 0 Å². The average Bonchev–Trinajstić information content (AvgIpc) is 1.86. The lowest BCUT2D eigenvalue weighted by molar-refractivity contribution is 0.407. The minimum Gasteiger partial charge on any atom is -0.361 e. The highest BCUT2D eigenvalue weighted by Crippen LogP contribution is 1.88. The van der Waals surface area contributed by atoms with Crippen molar-refractivity contribution in [1.82, 2.24) is 5.16 Å². The van der Waals surface area contributed by atoms with Gasteiger partial charge in [0.05, 0.1) is 6.20 Å². The zero-order chi connectivity index (χ0) is 4.41. The number of hydrogen-bond acceptors (Lipinski definition) is 2. The predicted octanol–water partition coefficient (Wildman–Crippen LogP) is 0.857. The highest BCUT2D eigenvalue weighted by molar-refractivity contribution is 4.95. The normalized spacial score (nSPS) is 8.83. The molecule has 1 aromatic rings. The van der Waals surface area contributed by atoms with Crippen molar-refractivity contribution in [1.29, 1.82) is 0 Å². The summed E-state index contributed by atoms with van der Waals surface area (Å²) in [7, 11) is 0. The number of aromatic nitrogens is 1. The van der Waals surface area contributed by atoms with Gasteiger partial charge in [-0.15, -0.1) is 0 Å². The Kier molecular flexibility index (Phi) is 0.638. The summed E-state index contributed by atoms with van der Waals surface area (Å²) in [4.78, 5) is 0. The van der Waals surface area contributed by atoms with E-state index in [-0.39, 0.29) is 0 Å².